The second-order valence-corrected chi connectivity index (χ2v) is 4.58. The molecule has 0 saturated carbocycles. The molecule has 0 radical (unpaired) electrons. The second-order valence-electron chi connectivity index (χ2n) is 4.58. The first-order chi connectivity index (χ1) is 9.90. The number of aliphatic hydroxyl groups excluding tert-OH is 1. The molecule has 0 heterocycles. The minimum atomic E-state index is -0.167. The van der Waals surface area contributed by atoms with Crippen LogP contribution in [0.2, 0.25) is 0 Å². The van der Waals surface area contributed by atoms with Crippen LogP contribution in [0.15, 0.2) is 47.5 Å². The smallest absolute Gasteiger partial charge is 0.141 e. The van der Waals surface area contributed by atoms with Gasteiger partial charge in [-0.25, -0.2) is 0 Å². The monoisotopic (exact) mass is 289 g/mol. The van der Waals surface area contributed by atoms with Crippen molar-refractivity contribution in [2.45, 2.75) is 20.0 Å². The highest BCUT2D eigenvalue weighted by atomic mass is 16.3. The average Bonchev–Trinajstić information content (AvgIpc) is 2.39. The predicted molar refractivity (Wildman–Crippen MR) is 82.5 cm³/mol. The van der Waals surface area contributed by atoms with E-state index in [1.54, 1.807) is 32.0 Å². The van der Waals surface area contributed by atoms with Crippen molar-refractivity contribution in [1.82, 2.24) is 0 Å². The van der Waals surface area contributed by atoms with E-state index in [0.717, 1.165) is 0 Å². The van der Waals surface area contributed by atoms with Crippen molar-refractivity contribution < 1.29 is 20.4 Å². The minimum absolute atomic E-state index is 0.0118. The van der Waals surface area contributed by atoms with Gasteiger partial charge in [0.2, 0.25) is 0 Å². The maximum Gasteiger partial charge on any atom is 0.141 e. The molecule has 21 heavy (non-hydrogen) atoms. The van der Waals surface area contributed by atoms with Crippen LogP contribution in [0.1, 0.15) is 19.4 Å². The van der Waals surface area contributed by atoms with Gasteiger partial charge in [-0.2, -0.15) is 0 Å². The summed E-state index contributed by atoms with van der Waals surface area (Å²) < 4.78 is 0. The third-order valence-corrected chi connectivity index (χ3v) is 2.24. The van der Waals surface area contributed by atoms with E-state index in [4.69, 9.17) is 10.2 Å². The summed E-state index contributed by atoms with van der Waals surface area (Å²) in [6.45, 7) is 3.44. The lowest BCUT2D eigenvalue weighted by molar-refractivity contribution is 0.216. The molecule has 0 aliphatic heterocycles. The Kier molecular flexibility index (Phi) is 6.23. The van der Waals surface area contributed by atoms with Crippen molar-refractivity contribution in [3.05, 3.63) is 48.0 Å². The zero-order valence-electron chi connectivity index (χ0n) is 11.9. The summed E-state index contributed by atoms with van der Waals surface area (Å²) >= 11 is 0. The molecule has 0 saturated heterocycles. The Morgan fingerprint density at radius 3 is 2.14 bits per heavy atom. The summed E-state index contributed by atoms with van der Waals surface area (Å²) in [4.78, 5) is 4.05. The van der Waals surface area contributed by atoms with Crippen LogP contribution in [0.4, 0.5) is 5.69 Å². The van der Waals surface area contributed by atoms with Gasteiger partial charge in [0, 0.05) is 23.9 Å². The number of rotatable bonds is 2. The third kappa shape index (κ3) is 5.97. The Balaban J connectivity index is 0.000000491. The molecule has 2 aromatic rings. The molecule has 0 unspecified atom stereocenters. The maximum atomic E-state index is 9.52. The first kappa shape index (κ1) is 16.5. The second kappa shape index (κ2) is 7.91. The Hall–Kier alpha value is -2.53. The van der Waals surface area contributed by atoms with Gasteiger partial charge in [0.1, 0.15) is 22.9 Å². The molecule has 0 fully saturated rings. The highest BCUT2D eigenvalue weighted by molar-refractivity contribution is 5.86. The van der Waals surface area contributed by atoms with Gasteiger partial charge in [-0.1, -0.05) is 12.1 Å². The number of aliphatic hydroxyl groups is 1. The standard InChI is InChI=1S/C13H11NO3.C3H8O/c15-10-6-5-9(13(17)7-10)8-14-11-3-1-2-4-12(11)16;1-3(2)4/h1-8,15-17H;3-4H,1-2H3. The lowest BCUT2D eigenvalue weighted by Crippen LogP contribution is -1.85. The number of nitrogens with zero attached hydrogens (tertiary/aromatic N) is 1. The molecule has 0 spiro atoms. The quantitative estimate of drug-likeness (QED) is 0.639. The van der Waals surface area contributed by atoms with E-state index in [1.807, 2.05) is 0 Å². The number of phenols is 3. The lowest BCUT2D eigenvalue weighted by atomic mass is 10.2. The topological polar surface area (TPSA) is 93.3 Å². The normalized spacial score (nSPS) is 10.5. The molecule has 0 aliphatic rings. The molecule has 0 atom stereocenters. The Morgan fingerprint density at radius 2 is 1.57 bits per heavy atom. The van der Waals surface area contributed by atoms with Crippen LogP contribution in [0.5, 0.6) is 17.2 Å². The summed E-state index contributed by atoms with van der Waals surface area (Å²) in [6, 6.07) is 10.9. The van der Waals surface area contributed by atoms with E-state index in [0.29, 0.717) is 11.3 Å². The number of para-hydroxylation sites is 2. The van der Waals surface area contributed by atoms with Crippen molar-refractivity contribution >= 4 is 11.9 Å². The third-order valence-electron chi connectivity index (χ3n) is 2.24. The number of phenolic OH excluding ortho intramolecular Hbond substituents is 3. The molecule has 0 aliphatic carbocycles. The number of hydrogen-bond donors (Lipinski definition) is 4. The molecule has 0 bridgehead atoms. The molecular formula is C16H19NO4. The van der Waals surface area contributed by atoms with E-state index in [-0.39, 0.29) is 23.4 Å². The largest absolute Gasteiger partial charge is 0.508 e. The van der Waals surface area contributed by atoms with E-state index < -0.39 is 0 Å². The van der Waals surface area contributed by atoms with Crippen LogP contribution in [0.25, 0.3) is 0 Å². The van der Waals surface area contributed by atoms with Gasteiger partial charge in [-0.05, 0) is 38.1 Å². The molecular weight excluding hydrogens is 270 g/mol. The maximum absolute atomic E-state index is 9.52. The predicted octanol–water partition coefficient (Wildman–Crippen LogP) is 2.94. The highest BCUT2D eigenvalue weighted by Gasteiger charge is 2.00. The zero-order valence-corrected chi connectivity index (χ0v) is 11.9. The van der Waals surface area contributed by atoms with Gasteiger partial charge in [-0.3, -0.25) is 4.99 Å². The molecule has 0 amide bonds. The van der Waals surface area contributed by atoms with E-state index in [9.17, 15) is 10.2 Å². The van der Waals surface area contributed by atoms with Crippen LogP contribution in [-0.4, -0.2) is 32.7 Å². The fourth-order valence-electron chi connectivity index (χ4n) is 1.35. The molecule has 2 rings (SSSR count). The average molecular weight is 289 g/mol. The van der Waals surface area contributed by atoms with Crippen molar-refractivity contribution in [2.75, 3.05) is 0 Å². The van der Waals surface area contributed by atoms with Crippen LogP contribution in [-0.2, 0) is 0 Å². The Morgan fingerprint density at radius 1 is 0.952 bits per heavy atom. The summed E-state index contributed by atoms with van der Waals surface area (Å²) in [6.07, 6.45) is 1.25. The van der Waals surface area contributed by atoms with Gasteiger partial charge < -0.3 is 20.4 Å². The molecule has 4 N–H and O–H groups in total. The lowest BCUT2D eigenvalue weighted by Gasteiger charge is -2.00. The van der Waals surface area contributed by atoms with E-state index in [1.165, 1.54) is 30.5 Å². The zero-order chi connectivity index (χ0) is 15.8. The Labute approximate surface area is 123 Å². The van der Waals surface area contributed by atoms with Crippen LogP contribution in [0.3, 0.4) is 0 Å². The van der Waals surface area contributed by atoms with Crippen molar-refractivity contribution in [2.24, 2.45) is 4.99 Å². The summed E-state index contributed by atoms with van der Waals surface area (Å²) in [5.41, 5.74) is 0.881. The van der Waals surface area contributed by atoms with Gasteiger partial charge in [0.05, 0.1) is 0 Å². The van der Waals surface area contributed by atoms with Crippen molar-refractivity contribution in [1.29, 1.82) is 0 Å². The fraction of sp³-hybridized carbons (Fsp3) is 0.188. The number of aromatic hydroxyl groups is 3. The summed E-state index contributed by atoms with van der Waals surface area (Å²) in [5.74, 6) is -0.00611. The van der Waals surface area contributed by atoms with E-state index in [2.05, 4.69) is 4.99 Å². The van der Waals surface area contributed by atoms with Crippen LogP contribution < -0.4 is 0 Å². The van der Waals surface area contributed by atoms with Crippen molar-refractivity contribution in [3.8, 4) is 17.2 Å². The Bertz CT molecular complexity index is 606. The highest BCUT2D eigenvalue weighted by Crippen LogP contribution is 2.26. The van der Waals surface area contributed by atoms with Gasteiger partial charge in [0.15, 0.2) is 0 Å². The first-order valence-electron chi connectivity index (χ1n) is 6.42. The number of aliphatic imine (C=N–C) groups is 1. The van der Waals surface area contributed by atoms with Crippen molar-refractivity contribution in [3.63, 3.8) is 0 Å². The molecule has 2 aromatic carbocycles. The first-order valence-corrected chi connectivity index (χ1v) is 6.42. The van der Waals surface area contributed by atoms with E-state index >= 15 is 0 Å². The number of hydrogen-bond acceptors (Lipinski definition) is 5. The fourth-order valence-corrected chi connectivity index (χ4v) is 1.35. The van der Waals surface area contributed by atoms with Crippen LogP contribution in [0, 0.1) is 0 Å². The molecule has 112 valence electrons. The van der Waals surface area contributed by atoms with Gasteiger partial charge in [-0.15, -0.1) is 0 Å². The number of benzene rings is 2. The van der Waals surface area contributed by atoms with Gasteiger partial charge >= 0.3 is 0 Å². The summed E-state index contributed by atoms with van der Waals surface area (Å²) in [7, 11) is 0. The summed E-state index contributed by atoms with van der Waals surface area (Å²) in [5, 5.41) is 36.2. The molecule has 0 aromatic heterocycles. The molecule has 5 heteroatoms. The van der Waals surface area contributed by atoms with Crippen LogP contribution >= 0.6 is 0 Å². The minimum Gasteiger partial charge on any atom is -0.508 e. The SMILES string of the molecule is CC(C)O.Oc1ccc(C=Nc2ccccc2O)c(O)c1. The molecule has 5 nitrogen and oxygen atoms in total. The van der Waals surface area contributed by atoms with Gasteiger partial charge in [0.25, 0.3) is 0 Å².